The minimum Gasteiger partial charge on any atom is -0.367 e. The monoisotopic (exact) mass is 314 g/mol. The molecule has 0 aromatic carbocycles. The first-order chi connectivity index (χ1) is 8.47. The summed E-state index contributed by atoms with van der Waals surface area (Å²) in [6.45, 7) is 6.28. The molecule has 1 saturated heterocycles. The molecule has 0 aliphatic carbocycles. The smallest absolute Gasteiger partial charge is 0.265 e. The lowest BCUT2D eigenvalue weighted by Gasteiger charge is -2.13. The number of halogens is 1. The van der Waals surface area contributed by atoms with Gasteiger partial charge in [-0.2, -0.15) is 0 Å². The number of nitrogens with zero attached hydrogens (tertiary/aromatic N) is 1. The van der Waals surface area contributed by atoms with E-state index in [1.165, 1.54) is 0 Å². The molecule has 100 valence electrons. The molecule has 1 aliphatic rings. The fourth-order valence-electron chi connectivity index (χ4n) is 2.20. The molecule has 1 N–H and O–H groups in total. The molecule has 1 aromatic rings. The van der Waals surface area contributed by atoms with Gasteiger partial charge in [0.15, 0.2) is 0 Å². The molecule has 2 heterocycles. The number of ether oxygens (including phenoxy) is 1. The van der Waals surface area contributed by atoms with E-state index >= 15 is 0 Å². The van der Waals surface area contributed by atoms with Gasteiger partial charge in [-0.05, 0) is 48.0 Å². The number of hydrogen-bond donors (Lipinski definition) is 1. The van der Waals surface area contributed by atoms with Crippen LogP contribution in [0.15, 0.2) is 9.27 Å². The van der Waals surface area contributed by atoms with Gasteiger partial charge in [-0.1, -0.05) is 13.8 Å². The summed E-state index contributed by atoms with van der Waals surface area (Å²) in [4.78, 5) is 19.3. The number of rotatable bonds is 3. The number of H-pyrrole nitrogens is 1. The summed E-state index contributed by atoms with van der Waals surface area (Å²) in [6.07, 6.45) is 2.92. The van der Waals surface area contributed by atoms with E-state index in [-0.39, 0.29) is 17.8 Å². The zero-order chi connectivity index (χ0) is 13.3. The number of aromatic nitrogens is 2. The van der Waals surface area contributed by atoms with Crippen molar-refractivity contribution in [3.63, 3.8) is 0 Å². The Hall–Kier alpha value is -0.680. The summed E-state index contributed by atoms with van der Waals surface area (Å²) < 4.78 is 6.30. The first kappa shape index (κ1) is 13.7. The topological polar surface area (TPSA) is 55.0 Å². The van der Waals surface area contributed by atoms with Crippen molar-refractivity contribution in [1.29, 1.82) is 0 Å². The summed E-state index contributed by atoms with van der Waals surface area (Å²) in [5.74, 6) is 1.13. The van der Waals surface area contributed by atoms with Gasteiger partial charge in [-0.15, -0.1) is 0 Å². The maximum atomic E-state index is 11.9. The average Bonchev–Trinajstić information content (AvgIpc) is 2.70. The first-order valence-corrected chi connectivity index (χ1v) is 7.20. The van der Waals surface area contributed by atoms with Crippen molar-refractivity contribution in [3.05, 3.63) is 26.3 Å². The Labute approximate surface area is 115 Å². The SMILES string of the molecule is CC(C)Cc1nc(C2CCC(C)O2)[nH]c(=O)c1Br. The summed E-state index contributed by atoms with van der Waals surface area (Å²) in [6, 6.07) is 0. The molecule has 2 atom stereocenters. The zero-order valence-electron chi connectivity index (χ0n) is 11.0. The molecule has 1 aromatic heterocycles. The highest BCUT2D eigenvalue weighted by Gasteiger charge is 2.26. The van der Waals surface area contributed by atoms with Gasteiger partial charge < -0.3 is 9.72 Å². The Kier molecular flexibility index (Phi) is 4.22. The van der Waals surface area contributed by atoms with Gasteiger partial charge in [-0.3, -0.25) is 4.79 Å². The Bertz CT molecular complexity index is 484. The number of hydrogen-bond acceptors (Lipinski definition) is 3. The maximum absolute atomic E-state index is 11.9. The molecule has 2 unspecified atom stereocenters. The van der Waals surface area contributed by atoms with E-state index < -0.39 is 0 Å². The van der Waals surface area contributed by atoms with Gasteiger partial charge in [-0.25, -0.2) is 4.98 Å². The second kappa shape index (κ2) is 5.53. The highest BCUT2D eigenvalue weighted by Crippen LogP contribution is 2.30. The number of aromatic amines is 1. The molecule has 0 saturated carbocycles. The van der Waals surface area contributed by atoms with Crippen molar-refractivity contribution in [1.82, 2.24) is 9.97 Å². The van der Waals surface area contributed by atoms with Crippen molar-refractivity contribution in [2.24, 2.45) is 5.92 Å². The van der Waals surface area contributed by atoms with Gasteiger partial charge in [0, 0.05) is 0 Å². The van der Waals surface area contributed by atoms with Crippen LogP contribution in [-0.2, 0) is 11.2 Å². The predicted octanol–water partition coefficient (Wildman–Crippen LogP) is 2.97. The maximum Gasteiger partial charge on any atom is 0.265 e. The van der Waals surface area contributed by atoms with Crippen LogP contribution in [0, 0.1) is 5.92 Å². The van der Waals surface area contributed by atoms with Crippen LogP contribution in [0.3, 0.4) is 0 Å². The van der Waals surface area contributed by atoms with Crippen LogP contribution < -0.4 is 5.56 Å². The van der Waals surface area contributed by atoms with Crippen molar-refractivity contribution in [3.8, 4) is 0 Å². The molecule has 1 aliphatic heterocycles. The molecule has 18 heavy (non-hydrogen) atoms. The lowest BCUT2D eigenvalue weighted by atomic mass is 10.1. The largest absolute Gasteiger partial charge is 0.367 e. The van der Waals surface area contributed by atoms with E-state index in [1.807, 2.05) is 6.92 Å². The van der Waals surface area contributed by atoms with Gasteiger partial charge in [0.2, 0.25) is 0 Å². The van der Waals surface area contributed by atoms with Gasteiger partial charge in [0.25, 0.3) is 5.56 Å². The summed E-state index contributed by atoms with van der Waals surface area (Å²) >= 11 is 3.32. The van der Waals surface area contributed by atoms with Crippen LogP contribution in [0.5, 0.6) is 0 Å². The van der Waals surface area contributed by atoms with Crippen molar-refractivity contribution < 1.29 is 4.74 Å². The average molecular weight is 315 g/mol. The third-order valence-corrected chi connectivity index (χ3v) is 3.91. The fraction of sp³-hybridized carbons (Fsp3) is 0.692. The van der Waals surface area contributed by atoms with Crippen LogP contribution in [0.4, 0.5) is 0 Å². The van der Waals surface area contributed by atoms with Crippen LogP contribution in [-0.4, -0.2) is 16.1 Å². The molecule has 1 fully saturated rings. The molecule has 2 rings (SSSR count). The second-order valence-electron chi connectivity index (χ2n) is 5.32. The number of nitrogens with one attached hydrogen (secondary N) is 1. The Morgan fingerprint density at radius 1 is 1.50 bits per heavy atom. The Morgan fingerprint density at radius 2 is 2.22 bits per heavy atom. The van der Waals surface area contributed by atoms with Gasteiger partial charge >= 0.3 is 0 Å². The second-order valence-corrected chi connectivity index (χ2v) is 6.12. The molecule has 5 heteroatoms. The van der Waals surface area contributed by atoms with Crippen LogP contribution in [0.25, 0.3) is 0 Å². The summed E-state index contributed by atoms with van der Waals surface area (Å²) in [7, 11) is 0. The van der Waals surface area contributed by atoms with Crippen molar-refractivity contribution >= 4 is 15.9 Å². The molecular weight excluding hydrogens is 296 g/mol. The van der Waals surface area contributed by atoms with Gasteiger partial charge in [0.05, 0.1) is 11.8 Å². The van der Waals surface area contributed by atoms with Gasteiger partial charge in [0.1, 0.15) is 16.4 Å². The van der Waals surface area contributed by atoms with E-state index in [9.17, 15) is 4.79 Å². The third-order valence-electron chi connectivity index (χ3n) is 3.09. The third kappa shape index (κ3) is 3.01. The molecule has 0 amide bonds. The quantitative estimate of drug-likeness (QED) is 0.933. The highest BCUT2D eigenvalue weighted by molar-refractivity contribution is 9.10. The molecular formula is C13H19BrN2O2. The van der Waals surface area contributed by atoms with Crippen molar-refractivity contribution in [2.75, 3.05) is 0 Å². The van der Waals surface area contributed by atoms with Crippen LogP contribution >= 0.6 is 15.9 Å². The van der Waals surface area contributed by atoms with E-state index in [4.69, 9.17) is 4.74 Å². The lowest BCUT2D eigenvalue weighted by Crippen LogP contribution is -2.19. The molecule has 4 nitrogen and oxygen atoms in total. The summed E-state index contributed by atoms with van der Waals surface area (Å²) in [5, 5.41) is 0. The lowest BCUT2D eigenvalue weighted by molar-refractivity contribution is 0.0499. The highest BCUT2D eigenvalue weighted by atomic mass is 79.9. The molecule has 0 radical (unpaired) electrons. The minimum absolute atomic E-state index is 0.0632. The van der Waals surface area contributed by atoms with E-state index in [0.29, 0.717) is 16.2 Å². The fourth-order valence-corrected chi connectivity index (χ4v) is 2.55. The Morgan fingerprint density at radius 3 is 2.78 bits per heavy atom. The van der Waals surface area contributed by atoms with Crippen molar-refractivity contribution in [2.45, 2.75) is 52.2 Å². The van der Waals surface area contributed by atoms with Crippen LogP contribution in [0.1, 0.15) is 51.2 Å². The molecule has 0 bridgehead atoms. The van der Waals surface area contributed by atoms with E-state index in [0.717, 1.165) is 25.0 Å². The van der Waals surface area contributed by atoms with E-state index in [2.05, 4.69) is 39.7 Å². The standard InChI is InChI=1S/C13H19BrN2O2/c1-7(2)6-9-11(14)13(17)16-12(15-9)10-5-4-8(3)18-10/h7-8,10H,4-6H2,1-3H3,(H,15,16,17). The summed E-state index contributed by atoms with van der Waals surface area (Å²) in [5.41, 5.74) is 0.714. The van der Waals surface area contributed by atoms with Crippen LogP contribution in [0.2, 0.25) is 0 Å². The first-order valence-electron chi connectivity index (χ1n) is 6.41. The minimum atomic E-state index is -0.112. The zero-order valence-corrected chi connectivity index (χ0v) is 12.6. The Balaban J connectivity index is 2.32. The van der Waals surface area contributed by atoms with E-state index in [1.54, 1.807) is 0 Å². The normalized spacial score (nSPS) is 23.8. The predicted molar refractivity (Wildman–Crippen MR) is 73.6 cm³/mol. The molecule has 0 spiro atoms.